The van der Waals surface area contributed by atoms with Crippen molar-refractivity contribution >= 4 is 11.8 Å². The molecule has 0 saturated carbocycles. The van der Waals surface area contributed by atoms with Crippen LogP contribution in [0.1, 0.15) is 32.3 Å². The molecule has 1 atom stereocenters. The molecule has 6 heteroatoms. The van der Waals surface area contributed by atoms with Crippen LogP contribution in [-0.4, -0.2) is 49.1 Å². The third kappa shape index (κ3) is 6.46. The van der Waals surface area contributed by atoms with Gasteiger partial charge in [0.15, 0.2) is 0 Å². The van der Waals surface area contributed by atoms with E-state index in [-0.39, 0.29) is 36.1 Å². The Balaban J connectivity index is 1.69. The molecule has 0 bridgehead atoms. The molecular formula is C19H27FN2O3. The first-order valence-corrected chi connectivity index (χ1v) is 8.87. The predicted molar refractivity (Wildman–Crippen MR) is 93.5 cm³/mol. The molecule has 5 nitrogen and oxygen atoms in total. The van der Waals surface area contributed by atoms with Crippen molar-refractivity contribution in [3.8, 4) is 0 Å². The lowest BCUT2D eigenvalue weighted by Crippen LogP contribution is -2.34. The van der Waals surface area contributed by atoms with Crippen molar-refractivity contribution in [2.45, 2.75) is 39.2 Å². The highest BCUT2D eigenvalue weighted by molar-refractivity contribution is 5.89. The largest absolute Gasteiger partial charge is 0.379 e. The number of halogens is 1. The van der Waals surface area contributed by atoms with Crippen LogP contribution in [0.3, 0.4) is 0 Å². The minimum absolute atomic E-state index is 0.00500. The molecule has 0 unspecified atom stereocenters. The van der Waals surface area contributed by atoms with E-state index in [1.165, 1.54) is 12.1 Å². The first-order chi connectivity index (χ1) is 12.0. The van der Waals surface area contributed by atoms with Gasteiger partial charge in [0.25, 0.3) is 0 Å². The highest BCUT2D eigenvalue weighted by atomic mass is 19.1. The van der Waals surface area contributed by atoms with Gasteiger partial charge in [0.05, 0.1) is 12.0 Å². The molecule has 138 valence electrons. The van der Waals surface area contributed by atoms with Crippen LogP contribution in [0.15, 0.2) is 24.3 Å². The van der Waals surface area contributed by atoms with Gasteiger partial charge in [-0.15, -0.1) is 0 Å². The van der Waals surface area contributed by atoms with Crippen molar-refractivity contribution in [1.82, 2.24) is 10.2 Å². The highest BCUT2D eigenvalue weighted by Crippen LogP contribution is 2.18. The molecule has 0 aliphatic carbocycles. The summed E-state index contributed by atoms with van der Waals surface area (Å²) in [6.07, 6.45) is 1.88. The zero-order chi connectivity index (χ0) is 18.2. The molecule has 0 aromatic heterocycles. The Hall–Kier alpha value is -1.95. The summed E-state index contributed by atoms with van der Waals surface area (Å²) in [6.45, 7) is 6.13. The number of likely N-dealkylation sites (tertiary alicyclic amines) is 1. The Labute approximate surface area is 148 Å². The Morgan fingerprint density at radius 3 is 2.76 bits per heavy atom. The standard InChI is InChI=1S/C19H27FN2O3/c1-14(2)25-11-3-9-21-19(24)16-12-18(23)22(13-16)10-8-15-4-6-17(20)7-5-15/h4-7,14,16H,3,8-13H2,1-2H3,(H,21,24)/t16-/m1/s1. The predicted octanol–water partition coefficient (Wildman–Crippen LogP) is 2.15. The first kappa shape index (κ1) is 19.4. The molecule has 1 aromatic rings. The van der Waals surface area contributed by atoms with Crippen LogP contribution in [-0.2, 0) is 20.7 Å². The lowest BCUT2D eigenvalue weighted by atomic mass is 10.1. The number of nitrogens with one attached hydrogen (secondary N) is 1. The number of rotatable bonds is 9. The number of carbonyl (C=O) groups excluding carboxylic acids is 2. The van der Waals surface area contributed by atoms with E-state index in [9.17, 15) is 14.0 Å². The average molecular weight is 350 g/mol. The van der Waals surface area contributed by atoms with Crippen LogP contribution in [0.25, 0.3) is 0 Å². The van der Waals surface area contributed by atoms with Crippen LogP contribution in [0.4, 0.5) is 4.39 Å². The summed E-state index contributed by atoms with van der Waals surface area (Å²) in [6, 6.07) is 6.28. The minimum atomic E-state index is -0.285. The van der Waals surface area contributed by atoms with E-state index < -0.39 is 0 Å². The van der Waals surface area contributed by atoms with Crippen LogP contribution >= 0.6 is 0 Å². The summed E-state index contributed by atoms with van der Waals surface area (Å²) < 4.78 is 18.3. The Morgan fingerprint density at radius 1 is 1.36 bits per heavy atom. The number of hydrogen-bond acceptors (Lipinski definition) is 3. The molecule has 1 fully saturated rings. The van der Waals surface area contributed by atoms with Crippen LogP contribution < -0.4 is 5.32 Å². The fraction of sp³-hybridized carbons (Fsp3) is 0.579. The third-order valence-electron chi connectivity index (χ3n) is 4.24. The van der Waals surface area contributed by atoms with Gasteiger partial charge in [0, 0.05) is 32.7 Å². The maximum Gasteiger partial charge on any atom is 0.225 e. The van der Waals surface area contributed by atoms with Gasteiger partial charge in [0.1, 0.15) is 5.82 Å². The maximum absolute atomic E-state index is 12.9. The average Bonchev–Trinajstić information content (AvgIpc) is 2.94. The third-order valence-corrected chi connectivity index (χ3v) is 4.24. The number of amides is 2. The van der Waals surface area contributed by atoms with Crippen LogP contribution in [0, 0.1) is 11.7 Å². The zero-order valence-electron chi connectivity index (χ0n) is 15.0. The fourth-order valence-electron chi connectivity index (χ4n) is 2.83. The van der Waals surface area contributed by atoms with Gasteiger partial charge >= 0.3 is 0 Å². The molecule has 1 aliphatic heterocycles. The van der Waals surface area contributed by atoms with E-state index in [1.807, 2.05) is 13.8 Å². The smallest absolute Gasteiger partial charge is 0.225 e. The lowest BCUT2D eigenvalue weighted by Gasteiger charge is -2.16. The van der Waals surface area contributed by atoms with Crippen LogP contribution in [0.2, 0.25) is 0 Å². The van der Waals surface area contributed by atoms with Gasteiger partial charge in [-0.25, -0.2) is 4.39 Å². The van der Waals surface area contributed by atoms with Gasteiger partial charge < -0.3 is 15.0 Å². The second-order valence-electron chi connectivity index (χ2n) is 6.68. The number of benzene rings is 1. The van der Waals surface area contributed by atoms with E-state index in [4.69, 9.17) is 4.74 Å². The van der Waals surface area contributed by atoms with Gasteiger partial charge in [-0.05, 0) is 44.4 Å². The summed E-state index contributed by atoms with van der Waals surface area (Å²) in [4.78, 5) is 26.0. The Bertz CT molecular complexity index is 575. The second-order valence-corrected chi connectivity index (χ2v) is 6.68. The summed E-state index contributed by atoms with van der Waals surface area (Å²) in [7, 11) is 0. The molecule has 2 rings (SSSR count). The number of hydrogen-bond donors (Lipinski definition) is 1. The van der Waals surface area contributed by atoms with Gasteiger partial charge in [-0.1, -0.05) is 12.1 Å². The topological polar surface area (TPSA) is 58.6 Å². The fourth-order valence-corrected chi connectivity index (χ4v) is 2.83. The number of carbonyl (C=O) groups is 2. The summed E-state index contributed by atoms with van der Waals surface area (Å²) in [5.74, 6) is -0.615. The Kier molecular flexibility index (Phi) is 7.37. The van der Waals surface area contributed by atoms with E-state index >= 15 is 0 Å². The molecule has 1 saturated heterocycles. The molecule has 1 aromatic carbocycles. The highest BCUT2D eigenvalue weighted by Gasteiger charge is 2.33. The normalized spacial score (nSPS) is 17.4. The monoisotopic (exact) mass is 350 g/mol. The molecule has 1 heterocycles. The second kappa shape index (κ2) is 9.51. The van der Waals surface area contributed by atoms with Gasteiger partial charge in [0.2, 0.25) is 11.8 Å². The molecule has 2 amide bonds. The lowest BCUT2D eigenvalue weighted by molar-refractivity contribution is -0.129. The van der Waals surface area contributed by atoms with Crippen molar-refractivity contribution in [2.75, 3.05) is 26.2 Å². The van der Waals surface area contributed by atoms with Gasteiger partial charge in [-0.3, -0.25) is 9.59 Å². The first-order valence-electron chi connectivity index (χ1n) is 8.87. The quantitative estimate of drug-likeness (QED) is 0.694. The summed E-state index contributed by atoms with van der Waals surface area (Å²) in [5.41, 5.74) is 0.979. The van der Waals surface area contributed by atoms with Crippen molar-refractivity contribution in [3.63, 3.8) is 0 Å². The molecule has 0 radical (unpaired) electrons. The van der Waals surface area contributed by atoms with Gasteiger partial charge in [-0.2, -0.15) is 0 Å². The summed E-state index contributed by atoms with van der Waals surface area (Å²) in [5, 5.41) is 2.88. The molecule has 1 aliphatic rings. The van der Waals surface area contributed by atoms with Crippen molar-refractivity contribution in [2.24, 2.45) is 5.92 Å². The molecule has 1 N–H and O–H groups in total. The Morgan fingerprint density at radius 2 is 2.08 bits per heavy atom. The van der Waals surface area contributed by atoms with E-state index in [0.717, 1.165) is 12.0 Å². The van der Waals surface area contributed by atoms with Crippen molar-refractivity contribution in [3.05, 3.63) is 35.6 Å². The van der Waals surface area contributed by atoms with E-state index in [0.29, 0.717) is 32.7 Å². The SMILES string of the molecule is CC(C)OCCCNC(=O)[C@@H]1CC(=O)N(CCc2ccc(F)cc2)C1. The van der Waals surface area contributed by atoms with Crippen molar-refractivity contribution < 1.29 is 18.7 Å². The van der Waals surface area contributed by atoms with E-state index in [2.05, 4.69) is 5.32 Å². The van der Waals surface area contributed by atoms with E-state index in [1.54, 1.807) is 17.0 Å². The molecule has 0 spiro atoms. The maximum atomic E-state index is 12.9. The minimum Gasteiger partial charge on any atom is -0.379 e. The van der Waals surface area contributed by atoms with Crippen molar-refractivity contribution in [1.29, 1.82) is 0 Å². The molecular weight excluding hydrogens is 323 g/mol. The summed E-state index contributed by atoms with van der Waals surface area (Å²) >= 11 is 0. The number of nitrogens with zero attached hydrogens (tertiary/aromatic N) is 1. The van der Waals surface area contributed by atoms with Crippen LogP contribution in [0.5, 0.6) is 0 Å². The zero-order valence-corrected chi connectivity index (χ0v) is 15.0. The molecule has 25 heavy (non-hydrogen) atoms. The number of ether oxygens (including phenoxy) is 1.